The molecule has 0 radical (unpaired) electrons. The lowest BCUT2D eigenvalue weighted by Crippen LogP contribution is -2.15. The summed E-state index contributed by atoms with van der Waals surface area (Å²) in [4.78, 5) is 16.8. The molecule has 0 saturated heterocycles. The van der Waals surface area contributed by atoms with Crippen LogP contribution in [0.3, 0.4) is 0 Å². The molecule has 0 aliphatic carbocycles. The fourth-order valence-electron chi connectivity index (χ4n) is 2.60. The van der Waals surface area contributed by atoms with Crippen molar-refractivity contribution < 1.29 is 14.3 Å². The number of amides is 1. The number of hydrogen-bond acceptors (Lipinski definition) is 5. The maximum atomic E-state index is 12.4. The molecule has 1 heterocycles. The number of anilines is 1. The predicted octanol–water partition coefficient (Wildman–Crippen LogP) is 3.93. The molecule has 0 fully saturated rings. The Hall–Kier alpha value is -2.93. The number of aryl methyl sites for hydroxylation is 1. The molecule has 0 aliphatic heterocycles. The topological polar surface area (TPSA) is 65.4 Å². The number of rotatable bonds is 7. The van der Waals surface area contributed by atoms with E-state index in [9.17, 15) is 4.79 Å². The molecule has 1 amide bonds. The number of nitrogens with one attached hydrogen (secondary N) is 1. The molecule has 0 atom stereocenters. The van der Waals surface area contributed by atoms with Gasteiger partial charge in [-0.2, -0.15) is 0 Å². The average Bonchev–Trinajstić information content (AvgIpc) is 3.15. The average molecular weight is 383 g/mol. The smallest absolute Gasteiger partial charge is 0.234 e. The number of nitrogens with zero attached hydrogens (tertiary/aromatic N) is 2. The Kier molecular flexibility index (Phi) is 6.03. The molecule has 2 aromatic carbocycles. The van der Waals surface area contributed by atoms with E-state index in [4.69, 9.17) is 9.47 Å². The van der Waals surface area contributed by atoms with Gasteiger partial charge in [0, 0.05) is 24.1 Å². The molecule has 0 aliphatic rings. The molecule has 1 N–H and O–H groups in total. The standard InChI is InChI=1S/C20H21N3O3S/c1-14-5-4-6-15(11-14)23-10-9-21-20(23)27-13-19(24)22-17-12-16(25-2)7-8-18(17)26-3/h4-12H,13H2,1-3H3,(H,22,24). The molecule has 0 bridgehead atoms. The molecular weight excluding hydrogens is 362 g/mol. The van der Waals surface area contributed by atoms with E-state index < -0.39 is 0 Å². The Morgan fingerprint density at radius 2 is 2.04 bits per heavy atom. The van der Waals surface area contributed by atoms with Gasteiger partial charge in [0.05, 0.1) is 25.7 Å². The molecule has 0 spiro atoms. The Morgan fingerprint density at radius 1 is 1.19 bits per heavy atom. The first-order valence-corrected chi connectivity index (χ1v) is 9.34. The summed E-state index contributed by atoms with van der Waals surface area (Å²) in [6.07, 6.45) is 3.62. The first-order chi connectivity index (χ1) is 13.1. The highest BCUT2D eigenvalue weighted by molar-refractivity contribution is 7.99. The van der Waals surface area contributed by atoms with Crippen LogP contribution < -0.4 is 14.8 Å². The van der Waals surface area contributed by atoms with Gasteiger partial charge < -0.3 is 14.8 Å². The van der Waals surface area contributed by atoms with Crippen LogP contribution in [0.25, 0.3) is 5.69 Å². The normalized spacial score (nSPS) is 10.5. The van der Waals surface area contributed by atoms with Crippen LogP contribution in [0.5, 0.6) is 11.5 Å². The van der Waals surface area contributed by atoms with E-state index in [-0.39, 0.29) is 11.7 Å². The first kappa shape index (κ1) is 18.8. The second-order valence-electron chi connectivity index (χ2n) is 5.82. The number of carbonyl (C=O) groups excluding carboxylic acids is 1. The number of ether oxygens (including phenoxy) is 2. The second kappa shape index (κ2) is 8.64. The van der Waals surface area contributed by atoms with Crippen LogP contribution in [0.2, 0.25) is 0 Å². The Balaban J connectivity index is 1.68. The van der Waals surface area contributed by atoms with Gasteiger partial charge in [0.2, 0.25) is 5.91 Å². The van der Waals surface area contributed by atoms with Gasteiger partial charge in [-0.15, -0.1) is 0 Å². The summed E-state index contributed by atoms with van der Waals surface area (Å²) in [6, 6.07) is 13.4. The molecule has 6 nitrogen and oxygen atoms in total. The van der Waals surface area contributed by atoms with Gasteiger partial charge in [0.1, 0.15) is 11.5 Å². The SMILES string of the molecule is COc1ccc(OC)c(NC(=O)CSc2nccn2-c2cccc(C)c2)c1. The highest BCUT2D eigenvalue weighted by Gasteiger charge is 2.12. The maximum Gasteiger partial charge on any atom is 0.234 e. The summed E-state index contributed by atoms with van der Waals surface area (Å²) < 4.78 is 12.5. The van der Waals surface area contributed by atoms with E-state index in [2.05, 4.69) is 16.4 Å². The first-order valence-electron chi connectivity index (χ1n) is 8.36. The molecule has 140 valence electrons. The van der Waals surface area contributed by atoms with E-state index in [0.717, 1.165) is 10.8 Å². The van der Waals surface area contributed by atoms with Crippen LogP contribution in [-0.2, 0) is 4.79 Å². The van der Waals surface area contributed by atoms with Crippen molar-refractivity contribution in [3.8, 4) is 17.2 Å². The zero-order valence-corrected chi connectivity index (χ0v) is 16.2. The summed E-state index contributed by atoms with van der Waals surface area (Å²) in [5.74, 6) is 1.30. The van der Waals surface area contributed by atoms with Crippen molar-refractivity contribution in [1.82, 2.24) is 9.55 Å². The van der Waals surface area contributed by atoms with Gasteiger partial charge in [-0.3, -0.25) is 9.36 Å². The second-order valence-corrected chi connectivity index (χ2v) is 6.76. The number of benzene rings is 2. The van der Waals surface area contributed by atoms with Crippen LogP contribution in [0.1, 0.15) is 5.56 Å². The Bertz CT molecular complexity index is 940. The van der Waals surface area contributed by atoms with Gasteiger partial charge in [0.15, 0.2) is 5.16 Å². The summed E-state index contributed by atoms with van der Waals surface area (Å²) in [5, 5.41) is 3.62. The van der Waals surface area contributed by atoms with E-state index in [1.54, 1.807) is 38.6 Å². The molecule has 1 aromatic heterocycles. The third kappa shape index (κ3) is 4.62. The zero-order chi connectivity index (χ0) is 19.2. The van der Waals surface area contributed by atoms with Gasteiger partial charge in [-0.05, 0) is 36.8 Å². The van der Waals surface area contributed by atoms with Gasteiger partial charge in [-0.25, -0.2) is 4.98 Å². The number of imidazole rings is 1. The van der Waals surface area contributed by atoms with Crippen molar-refractivity contribution in [3.05, 3.63) is 60.4 Å². The van der Waals surface area contributed by atoms with Crippen molar-refractivity contribution in [2.45, 2.75) is 12.1 Å². The summed E-state index contributed by atoms with van der Waals surface area (Å²) in [7, 11) is 3.14. The number of aromatic nitrogens is 2. The maximum absolute atomic E-state index is 12.4. The quantitative estimate of drug-likeness (QED) is 0.626. The lowest BCUT2D eigenvalue weighted by molar-refractivity contribution is -0.113. The number of thioether (sulfide) groups is 1. The summed E-state index contributed by atoms with van der Waals surface area (Å²) in [6.45, 7) is 2.04. The number of hydrogen-bond donors (Lipinski definition) is 1. The third-order valence-corrected chi connectivity index (χ3v) is 4.87. The van der Waals surface area contributed by atoms with E-state index in [0.29, 0.717) is 17.2 Å². The van der Waals surface area contributed by atoms with Crippen molar-refractivity contribution in [2.75, 3.05) is 25.3 Å². The highest BCUT2D eigenvalue weighted by Crippen LogP contribution is 2.29. The van der Waals surface area contributed by atoms with Crippen molar-refractivity contribution >= 4 is 23.4 Å². The number of methoxy groups -OCH3 is 2. The van der Waals surface area contributed by atoms with Gasteiger partial charge in [0.25, 0.3) is 0 Å². The summed E-state index contributed by atoms with van der Waals surface area (Å²) in [5.41, 5.74) is 2.76. The Labute approximate surface area is 162 Å². The largest absolute Gasteiger partial charge is 0.497 e. The lowest BCUT2D eigenvalue weighted by Gasteiger charge is -2.12. The fourth-order valence-corrected chi connectivity index (χ4v) is 3.37. The van der Waals surface area contributed by atoms with Crippen LogP contribution in [0, 0.1) is 6.92 Å². The minimum Gasteiger partial charge on any atom is -0.497 e. The molecule has 3 rings (SSSR count). The molecule has 7 heteroatoms. The number of carbonyl (C=O) groups is 1. The van der Waals surface area contributed by atoms with Gasteiger partial charge in [-0.1, -0.05) is 23.9 Å². The zero-order valence-electron chi connectivity index (χ0n) is 15.4. The monoisotopic (exact) mass is 383 g/mol. The molecular formula is C20H21N3O3S. The molecule has 27 heavy (non-hydrogen) atoms. The van der Waals surface area contributed by atoms with E-state index in [1.807, 2.05) is 35.9 Å². The predicted molar refractivity (Wildman–Crippen MR) is 107 cm³/mol. The van der Waals surface area contributed by atoms with Crippen LogP contribution in [0.15, 0.2) is 60.0 Å². The van der Waals surface area contributed by atoms with E-state index >= 15 is 0 Å². The van der Waals surface area contributed by atoms with Crippen molar-refractivity contribution in [1.29, 1.82) is 0 Å². The minimum absolute atomic E-state index is 0.148. The minimum atomic E-state index is -0.148. The Morgan fingerprint density at radius 3 is 2.78 bits per heavy atom. The third-order valence-electron chi connectivity index (χ3n) is 3.90. The van der Waals surface area contributed by atoms with Crippen molar-refractivity contribution in [2.24, 2.45) is 0 Å². The van der Waals surface area contributed by atoms with Crippen LogP contribution >= 0.6 is 11.8 Å². The highest BCUT2D eigenvalue weighted by atomic mass is 32.2. The molecule has 3 aromatic rings. The van der Waals surface area contributed by atoms with Crippen LogP contribution in [-0.4, -0.2) is 35.4 Å². The van der Waals surface area contributed by atoms with Gasteiger partial charge >= 0.3 is 0 Å². The lowest BCUT2D eigenvalue weighted by atomic mass is 10.2. The van der Waals surface area contributed by atoms with E-state index in [1.165, 1.54) is 17.3 Å². The fraction of sp³-hybridized carbons (Fsp3) is 0.200. The molecule has 0 unspecified atom stereocenters. The van der Waals surface area contributed by atoms with Crippen molar-refractivity contribution in [3.63, 3.8) is 0 Å². The molecule has 0 saturated carbocycles. The summed E-state index contributed by atoms with van der Waals surface area (Å²) >= 11 is 1.37. The van der Waals surface area contributed by atoms with Crippen LogP contribution in [0.4, 0.5) is 5.69 Å².